The molecule has 0 aliphatic carbocycles. The van der Waals surface area contributed by atoms with Crippen molar-refractivity contribution in [1.29, 1.82) is 0 Å². The van der Waals surface area contributed by atoms with Crippen molar-refractivity contribution in [2.45, 2.75) is 6.54 Å². The number of aromatic carboxylic acids is 1. The quantitative estimate of drug-likeness (QED) is 0.634. The Morgan fingerprint density at radius 2 is 2.25 bits per heavy atom. The molecule has 0 atom stereocenters. The number of nitro benzene ring substituents is 1. The molecule has 8 heteroatoms. The first-order valence-corrected chi connectivity index (χ1v) is 5.71. The van der Waals surface area contributed by atoms with Crippen LogP contribution >= 0.6 is 0 Å². The van der Waals surface area contributed by atoms with Crippen LogP contribution in [0.25, 0.3) is 0 Å². The minimum absolute atomic E-state index is 0.125. The third kappa shape index (κ3) is 2.91. The zero-order chi connectivity index (χ0) is 14.7. The number of aryl methyl sites for hydroxylation is 1. The van der Waals surface area contributed by atoms with E-state index in [1.54, 1.807) is 24.0 Å². The van der Waals surface area contributed by atoms with E-state index >= 15 is 0 Å². The van der Waals surface area contributed by atoms with Crippen molar-refractivity contribution < 1.29 is 14.8 Å². The number of aromatic nitrogens is 2. The van der Waals surface area contributed by atoms with Crippen molar-refractivity contribution in [3.63, 3.8) is 0 Å². The van der Waals surface area contributed by atoms with Crippen molar-refractivity contribution in [3.8, 4) is 0 Å². The lowest BCUT2D eigenvalue weighted by Gasteiger charge is -2.06. The zero-order valence-electron chi connectivity index (χ0n) is 10.6. The SMILES string of the molecule is Cn1ccc(CNc2ccc(C(=O)O)cc2[N+](=O)[O-])n1. The van der Waals surface area contributed by atoms with Gasteiger partial charge in [0.05, 0.1) is 22.7 Å². The van der Waals surface area contributed by atoms with Gasteiger partial charge in [0.1, 0.15) is 5.69 Å². The van der Waals surface area contributed by atoms with Crippen LogP contribution in [0.3, 0.4) is 0 Å². The summed E-state index contributed by atoms with van der Waals surface area (Å²) >= 11 is 0. The van der Waals surface area contributed by atoms with Gasteiger partial charge in [-0.15, -0.1) is 0 Å². The maximum atomic E-state index is 11.0. The van der Waals surface area contributed by atoms with Crippen molar-refractivity contribution in [2.75, 3.05) is 5.32 Å². The van der Waals surface area contributed by atoms with Crippen LogP contribution in [0.4, 0.5) is 11.4 Å². The monoisotopic (exact) mass is 276 g/mol. The van der Waals surface area contributed by atoms with E-state index in [1.165, 1.54) is 12.1 Å². The number of rotatable bonds is 5. The molecule has 1 aromatic carbocycles. The number of nitro groups is 1. The highest BCUT2D eigenvalue weighted by Crippen LogP contribution is 2.26. The Bertz CT molecular complexity index is 665. The van der Waals surface area contributed by atoms with E-state index in [0.29, 0.717) is 6.54 Å². The third-order valence-electron chi connectivity index (χ3n) is 2.67. The summed E-state index contributed by atoms with van der Waals surface area (Å²) < 4.78 is 1.62. The van der Waals surface area contributed by atoms with Crippen LogP contribution in [0.2, 0.25) is 0 Å². The Morgan fingerprint density at radius 1 is 1.50 bits per heavy atom. The van der Waals surface area contributed by atoms with E-state index in [1.807, 2.05) is 0 Å². The molecule has 0 spiro atoms. The number of nitrogens with one attached hydrogen (secondary N) is 1. The average molecular weight is 276 g/mol. The van der Waals surface area contributed by atoms with Gasteiger partial charge in [0.15, 0.2) is 0 Å². The predicted octanol–water partition coefficient (Wildman–Crippen LogP) is 1.64. The second-order valence-corrected chi connectivity index (χ2v) is 4.13. The van der Waals surface area contributed by atoms with E-state index in [9.17, 15) is 14.9 Å². The first kappa shape index (κ1) is 13.5. The first-order valence-electron chi connectivity index (χ1n) is 5.71. The summed E-state index contributed by atoms with van der Waals surface area (Å²) in [7, 11) is 1.77. The number of carbonyl (C=O) groups is 1. The molecular weight excluding hydrogens is 264 g/mol. The molecule has 0 bridgehead atoms. The lowest BCUT2D eigenvalue weighted by Crippen LogP contribution is -2.05. The molecule has 8 nitrogen and oxygen atoms in total. The third-order valence-corrected chi connectivity index (χ3v) is 2.67. The maximum absolute atomic E-state index is 11.0. The van der Waals surface area contributed by atoms with Gasteiger partial charge in [0, 0.05) is 19.3 Å². The second-order valence-electron chi connectivity index (χ2n) is 4.13. The topological polar surface area (TPSA) is 110 Å². The Labute approximate surface area is 113 Å². The van der Waals surface area contributed by atoms with Crippen molar-refractivity contribution in [1.82, 2.24) is 9.78 Å². The number of carboxylic acid groups (broad SMARTS) is 1. The fourth-order valence-corrected chi connectivity index (χ4v) is 1.71. The van der Waals surface area contributed by atoms with Gasteiger partial charge in [-0.1, -0.05) is 0 Å². The van der Waals surface area contributed by atoms with E-state index in [0.717, 1.165) is 11.8 Å². The molecule has 0 aliphatic rings. The minimum atomic E-state index is -1.20. The molecular formula is C12H12N4O4. The summed E-state index contributed by atoms with van der Waals surface area (Å²) in [6, 6.07) is 5.51. The van der Waals surface area contributed by atoms with E-state index < -0.39 is 10.9 Å². The van der Waals surface area contributed by atoms with Crippen LogP contribution in [0.5, 0.6) is 0 Å². The van der Waals surface area contributed by atoms with E-state index in [4.69, 9.17) is 5.11 Å². The van der Waals surface area contributed by atoms with Crippen molar-refractivity contribution >= 4 is 17.3 Å². The molecule has 20 heavy (non-hydrogen) atoms. The van der Waals surface area contributed by atoms with Crippen LogP contribution in [0.15, 0.2) is 30.5 Å². The Morgan fingerprint density at radius 3 is 2.80 bits per heavy atom. The second kappa shape index (κ2) is 5.39. The Hall–Kier alpha value is -2.90. The molecule has 2 N–H and O–H groups in total. The predicted molar refractivity (Wildman–Crippen MR) is 70.6 cm³/mol. The van der Waals surface area contributed by atoms with Crippen LogP contribution in [0.1, 0.15) is 16.1 Å². The zero-order valence-corrected chi connectivity index (χ0v) is 10.6. The molecule has 0 fully saturated rings. The number of benzene rings is 1. The summed E-state index contributed by atoms with van der Waals surface area (Å²) in [6.07, 6.45) is 1.76. The largest absolute Gasteiger partial charge is 0.478 e. The number of nitrogens with zero attached hydrogens (tertiary/aromatic N) is 3. The number of hydrogen-bond acceptors (Lipinski definition) is 5. The maximum Gasteiger partial charge on any atom is 0.335 e. The standard InChI is InChI=1S/C12H12N4O4/c1-15-5-4-9(14-15)7-13-10-3-2-8(12(17)18)6-11(10)16(19)20/h2-6,13H,7H2,1H3,(H,17,18). The highest BCUT2D eigenvalue weighted by molar-refractivity contribution is 5.89. The molecule has 0 amide bonds. The fourth-order valence-electron chi connectivity index (χ4n) is 1.71. The van der Waals surface area contributed by atoms with Crippen molar-refractivity contribution in [2.24, 2.45) is 7.05 Å². The Balaban J connectivity index is 2.22. The lowest BCUT2D eigenvalue weighted by molar-refractivity contribution is -0.384. The molecule has 1 heterocycles. The summed E-state index contributed by atoms with van der Waals surface area (Å²) in [5.74, 6) is -1.20. The van der Waals surface area contributed by atoms with Gasteiger partial charge in [0.2, 0.25) is 0 Å². The molecule has 0 radical (unpaired) electrons. The summed E-state index contributed by atoms with van der Waals surface area (Å²) in [5.41, 5.74) is 0.579. The Kier molecular flexibility index (Phi) is 3.65. The normalized spacial score (nSPS) is 10.2. The molecule has 104 valence electrons. The lowest BCUT2D eigenvalue weighted by atomic mass is 10.1. The van der Waals surface area contributed by atoms with Gasteiger partial charge in [0.25, 0.3) is 5.69 Å². The number of hydrogen-bond donors (Lipinski definition) is 2. The smallest absolute Gasteiger partial charge is 0.335 e. The first-order chi connectivity index (χ1) is 9.47. The van der Waals surface area contributed by atoms with Crippen molar-refractivity contribution in [3.05, 3.63) is 51.8 Å². The van der Waals surface area contributed by atoms with Crippen LogP contribution in [0, 0.1) is 10.1 Å². The molecule has 2 aromatic rings. The molecule has 0 unspecified atom stereocenters. The van der Waals surface area contributed by atoms with E-state index in [2.05, 4.69) is 10.4 Å². The van der Waals surface area contributed by atoms with Gasteiger partial charge in [-0.05, 0) is 18.2 Å². The van der Waals surface area contributed by atoms with Gasteiger partial charge in [-0.2, -0.15) is 5.10 Å². The number of carboxylic acids is 1. The molecule has 2 rings (SSSR count). The van der Waals surface area contributed by atoms with Gasteiger partial charge >= 0.3 is 5.97 Å². The summed E-state index contributed by atoms with van der Waals surface area (Å²) in [5, 5.41) is 26.8. The molecule has 0 aliphatic heterocycles. The minimum Gasteiger partial charge on any atom is -0.478 e. The van der Waals surface area contributed by atoms with Crippen LogP contribution in [-0.2, 0) is 13.6 Å². The van der Waals surface area contributed by atoms with Gasteiger partial charge in [-0.3, -0.25) is 14.8 Å². The summed E-state index contributed by atoms with van der Waals surface area (Å²) in [4.78, 5) is 21.2. The molecule has 0 saturated carbocycles. The highest BCUT2D eigenvalue weighted by Gasteiger charge is 2.17. The van der Waals surface area contributed by atoms with Gasteiger partial charge < -0.3 is 10.4 Å². The number of anilines is 1. The van der Waals surface area contributed by atoms with Crippen LogP contribution < -0.4 is 5.32 Å². The molecule has 0 saturated heterocycles. The highest BCUT2D eigenvalue weighted by atomic mass is 16.6. The van der Waals surface area contributed by atoms with Crippen LogP contribution in [-0.4, -0.2) is 25.8 Å². The average Bonchev–Trinajstić information content (AvgIpc) is 2.81. The van der Waals surface area contributed by atoms with Gasteiger partial charge in [-0.25, -0.2) is 4.79 Å². The summed E-state index contributed by atoms with van der Waals surface area (Å²) in [6.45, 7) is 0.314. The van der Waals surface area contributed by atoms with E-state index in [-0.39, 0.29) is 16.9 Å². The molecule has 1 aromatic heterocycles. The fraction of sp³-hybridized carbons (Fsp3) is 0.167.